The number of benzene rings is 1. The number of hydrogen-bond donors (Lipinski definition) is 2. The van der Waals surface area contributed by atoms with Gasteiger partial charge in [-0.2, -0.15) is 0 Å². The summed E-state index contributed by atoms with van der Waals surface area (Å²) in [5.74, 6) is -0.100. The van der Waals surface area contributed by atoms with E-state index in [1.54, 1.807) is 6.07 Å². The maximum Gasteiger partial charge on any atom is 0.303 e. The minimum absolute atomic E-state index is 0.0619. The second kappa shape index (κ2) is 4.94. The number of fused-ring (bicyclic) bond motifs is 1. The van der Waals surface area contributed by atoms with Crippen molar-refractivity contribution in [2.45, 2.75) is 25.3 Å². The molecule has 2 rings (SSSR count). The van der Waals surface area contributed by atoms with E-state index in [-0.39, 0.29) is 12.5 Å². The summed E-state index contributed by atoms with van der Waals surface area (Å²) in [5, 5.41) is 9.17. The second-order valence-electron chi connectivity index (χ2n) is 4.13. The van der Waals surface area contributed by atoms with Crippen LogP contribution < -0.4 is 10.5 Å². The van der Waals surface area contributed by atoms with E-state index in [1.807, 2.05) is 6.07 Å². The summed E-state index contributed by atoms with van der Waals surface area (Å²) >= 11 is 6.08. The van der Waals surface area contributed by atoms with Gasteiger partial charge < -0.3 is 15.6 Å². The smallest absolute Gasteiger partial charge is 0.303 e. The molecule has 1 atom stereocenters. The van der Waals surface area contributed by atoms with Gasteiger partial charge in [-0.3, -0.25) is 4.79 Å². The van der Waals surface area contributed by atoms with Crippen LogP contribution in [0, 0.1) is 0 Å². The first-order chi connectivity index (χ1) is 8.08. The van der Waals surface area contributed by atoms with Crippen LogP contribution in [-0.4, -0.2) is 17.7 Å². The maximum atomic E-state index is 10.5. The number of carbonyl (C=O) groups is 1. The molecule has 1 heterocycles. The fourth-order valence-electron chi connectivity index (χ4n) is 1.94. The lowest BCUT2D eigenvalue weighted by atomic mass is 10.00. The highest BCUT2D eigenvalue weighted by Gasteiger charge is 2.19. The third-order valence-electron chi connectivity index (χ3n) is 2.86. The Morgan fingerprint density at radius 2 is 2.35 bits per heavy atom. The molecule has 1 aliphatic heterocycles. The molecule has 0 bridgehead atoms. The van der Waals surface area contributed by atoms with Crippen LogP contribution in [0.3, 0.4) is 0 Å². The normalized spacial score (nSPS) is 15.2. The molecule has 3 N–H and O–H groups in total. The predicted octanol–water partition coefficient (Wildman–Crippen LogP) is 2.14. The van der Waals surface area contributed by atoms with Crippen LogP contribution in [0.1, 0.15) is 30.0 Å². The third-order valence-corrected chi connectivity index (χ3v) is 3.14. The van der Waals surface area contributed by atoms with E-state index in [0.717, 1.165) is 23.3 Å². The standard InChI is InChI=1S/C12H14ClNO3/c13-9-6-8(10(14)1-2-11(15)16)5-7-3-4-17-12(7)9/h5-6,10H,1-4,14H2,(H,15,16). The number of hydrogen-bond acceptors (Lipinski definition) is 3. The zero-order chi connectivity index (χ0) is 12.4. The van der Waals surface area contributed by atoms with Crippen molar-refractivity contribution in [3.8, 4) is 5.75 Å². The van der Waals surface area contributed by atoms with Crippen molar-refractivity contribution in [1.82, 2.24) is 0 Å². The molecular formula is C12H14ClNO3. The van der Waals surface area contributed by atoms with Crippen LogP contribution in [0.4, 0.5) is 0 Å². The minimum Gasteiger partial charge on any atom is -0.491 e. The molecule has 92 valence electrons. The van der Waals surface area contributed by atoms with Crippen molar-refractivity contribution in [2.75, 3.05) is 6.61 Å². The average Bonchev–Trinajstić information content (AvgIpc) is 2.74. The molecule has 0 radical (unpaired) electrons. The summed E-state index contributed by atoms with van der Waals surface area (Å²) in [6, 6.07) is 3.42. The van der Waals surface area contributed by atoms with E-state index in [4.69, 9.17) is 27.2 Å². The Kier molecular flexibility index (Phi) is 3.54. The molecule has 0 saturated carbocycles. The van der Waals surface area contributed by atoms with Crippen molar-refractivity contribution >= 4 is 17.6 Å². The van der Waals surface area contributed by atoms with Crippen molar-refractivity contribution < 1.29 is 14.6 Å². The Bertz CT molecular complexity index is 448. The maximum absolute atomic E-state index is 10.5. The monoisotopic (exact) mass is 255 g/mol. The van der Waals surface area contributed by atoms with Gasteiger partial charge in [0.15, 0.2) is 0 Å². The quantitative estimate of drug-likeness (QED) is 0.865. The number of aliphatic carboxylic acids is 1. The summed E-state index contributed by atoms with van der Waals surface area (Å²) in [6.07, 6.45) is 1.30. The number of ether oxygens (including phenoxy) is 1. The van der Waals surface area contributed by atoms with Crippen molar-refractivity contribution in [2.24, 2.45) is 5.73 Å². The number of carboxylic acids is 1. The van der Waals surface area contributed by atoms with Gasteiger partial charge in [-0.1, -0.05) is 17.7 Å². The molecule has 0 saturated heterocycles. The van der Waals surface area contributed by atoms with E-state index in [0.29, 0.717) is 18.1 Å². The Morgan fingerprint density at radius 1 is 1.59 bits per heavy atom. The Labute approximate surface area is 104 Å². The molecule has 0 aromatic heterocycles. The van der Waals surface area contributed by atoms with Crippen LogP contribution in [0.2, 0.25) is 5.02 Å². The SMILES string of the molecule is NC(CCC(=O)O)c1cc(Cl)c2c(c1)CCO2. The first kappa shape index (κ1) is 12.2. The Balaban J connectivity index is 2.16. The zero-order valence-corrected chi connectivity index (χ0v) is 10.0. The molecule has 0 amide bonds. The van der Waals surface area contributed by atoms with E-state index in [1.165, 1.54) is 0 Å². The van der Waals surface area contributed by atoms with Crippen LogP contribution in [-0.2, 0) is 11.2 Å². The van der Waals surface area contributed by atoms with Crippen LogP contribution in [0.15, 0.2) is 12.1 Å². The molecule has 0 aliphatic carbocycles. The van der Waals surface area contributed by atoms with Crippen LogP contribution in [0.5, 0.6) is 5.75 Å². The fraction of sp³-hybridized carbons (Fsp3) is 0.417. The van der Waals surface area contributed by atoms with Gasteiger partial charge in [0.2, 0.25) is 0 Å². The van der Waals surface area contributed by atoms with Gasteiger partial charge in [0.05, 0.1) is 11.6 Å². The van der Waals surface area contributed by atoms with Crippen molar-refractivity contribution in [1.29, 1.82) is 0 Å². The topological polar surface area (TPSA) is 72.6 Å². The second-order valence-corrected chi connectivity index (χ2v) is 4.54. The lowest BCUT2D eigenvalue weighted by Gasteiger charge is -2.13. The van der Waals surface area contributed by atoms with E-state index >= 15 is 0 Å². The summed E-state index contributed by atoms with van der Waals surface area (Å²) in [5.41, 5.74) is 7.87. The summed E-state index contributed by atoms with van der Waals surface area (Å²) < 4.78 is 5.40. The summed E-state index contributed by atoms with van der Waals surface area (Å²) in [7, 11) is 0. The summed E-state index contributed by atoms with van der Waals surface area (Å²) in [6.45, 7) is 0.642. The molecule has 1 aliphatic rings. The van der Waals surface area contributed by atoms with E-state index in [9.17, 15) is 4.79 Å². The highest BCUT2D eigenvalue weighted by atomic mass is 35.5. The minimum atomic E-state index is -0.837. The fourth-order valence-corrected chi connectivity index (χ4v) is 2.25. The van der Waals surface area contributed by atoms with Gasteiger partial charge in [0.25, 0.3) is 0 Å². The molecule has 17 heavy (non-hydrogen) atoms. The predicted molar refractivity (Wildman–Crippen MR) is 64.4 cm³/mol. The number of rotatable bonds is 4. The largest absolute Gasteiger partial charge is 0.491 e. The first-order valence-electron chi connectivity index (χ1n) is 5.50. The highest BCUT2D eigenvalue weighted by molar-refractivity contribution is 6.32. The van der Waals surface area contributed by atoms with Crippen molar-refractivity contribution in [3.05, 3.63) is 28.3 Å². The van der Waals surface area contributed by atoms with E-state index in [2.05, 4.69) is 0 Å². The van der Waals surface area contributed by atoms with Gasteiger partial charge in [-0.05, 0) is 23.6 Å². The van der Waals surface area contributed by atoms with Gasteiger partial charge >= 0.3 is 5.97 Å². The molecule has 1 unspecified atom stereocenters. The zero-order valence-electron chi connectivity index (χ0n) is 9.28. The first-order valence-corrected chi connectivity index (χ1v) is 5.88. The lowest BCUT2D eigenvalue weighted by Crippen LogP contribution is -2.12. The number of carboxylic acid groups (broad SMARTS) is 1. The number of nitrogens with two attached hydrogens (primary N) is 1. The molecular weight excluding hydrogens is 242 g/mol. The Morgan fingerprint density at radius 3 is 3.06 bits per heavy atom. The van der Waals surface area contributed by atoms with Crippen molar-refractivity contribution in [3.63, 3.8) is 0 Å². The molecule has 1 aromatic carbocycles. The molecule has 5 heteroatoms. The van der Waals surface area contributed by atoms with Gasteiger partial charge in [-0.15, -0.1) is 0 Å². The Hall–Kier alpha value is -1.26. The van der Waals surface area contributed by atoms with Gasteiger partial charge in [0.1, 0.15) is 5.75 Å². The third kappa shape index (κ3) is 2.70. The molecule has 0 spiro atoms. The van der Waals surface area contributed by atoms with E-state index < -0.39 is 5.97 Å². The van der Waals surface area contributed by atoms with Gasteiger partial charge in [0, 0.05) is 18.9 Å². The van der Waals surface area contributed by atoms with Crippen LogP contribution >= 0.6 is 11.6 Å². The number of halogens is 1. The molecule has 0 fully saturated rings. The van der Waals surface area contributed by atoms with Gasteiger partial charge in [-0.25, -0.2) is 0 Å². The highest BCUT2D eigenvalue weighted by Crippen LogP contribution is 2.36. The summed E-state index contributed by atoms with van der Waals surface area (Å²) in [4.78, 5) is 10.5. The lowest BCUT2D eigenvalue weighted by molar-refractivity contribution is -0.137. The average molecular weight is 256 g/mol. The molecule has 1 aromatic rings. The molecule has 4 nitrogen and oxygen atoms in total. The van der Waals surface area contributed by atoms with Crippen LogP contribution in [0.25, 0.3) is 0 Å².